The number of carbonyl (C=O) groups excluding carboxylic acids is 1. The summed E-state index contributed by atoms with van der Waals surface area (Å²) in [7, 11) is 0. The van der Waals surface area contributed by atoms with Crippen LogP contribution in [0.3, 0.4) is 0 Å². The molecular formula is C15H16N4OS2. The van der Waals surface area contributed by atoms with E-state index < -0.39 is 0 Å². The highest BCUT2D eigenvalue weighted by atomic mass is 32.1. The lowest BCUT2D eigenvalue weighted by Crippen LogP contribution is -2.38. The Morgan fingerprint density at radius 1 is 1.27 bits per heavy atom. The molecule has 0 aliphatic rings. The molecule has 0 unspecified atom stereocenters. The number of thiophene rings is 2. The van der Waals surface area contributed by atoms with Crippen molar-refractivity contribution in [3.05, 3.63) is 63.2 Å². The highest BCUT2D eigenvalue weighted by Crippen LogP contribution is 2.19. The van der Waals surface area contributed by atoms with Gasteiger partial charge in [0, 0.05) is 23.8 Å². The maximum absolute atomic E-state index is 11.9. The van der Waals surface area contributed by atoms with E-state index in [1.807, 2.05) is 39.8 Å². The monoisotopic (exact) mass is 332 g/mol. The number of rotatable bonds is 6. The summed E-state index contributed by atoms with van der Waals surface area (Å²) in [6, 6.07) is 7.76. The Balaban J connectivity index is 1.56. The molecule has 1 atom stereocenters. The first-order valence-corrected chi connectivity index (χ1v) is 8.70. The number of nitrogens with zero attached hydrogens (tertiary/aromatic N) is 2. The third-order valence-corrected chi connectivity index (χ3v) is 4.81. The van der Waals surface area contributed by atoms with Crippen molar-refractivity contribution in [3.63, 3.8) is 0 Å². The van der Waals surface area contributed by atoms with Crippen LogP contribution in [0.25, 0.3) is 0 Å². The summed E-state index contributed by atoms with van der Waals surface area (Å²) in [5.74, 6) is 0. The molecule has 3 aromatic heterocycles. The Bertz CT molecular complexity index is 643. The summed E-state index contributed by atoms with van der Waals surface area (Å²) in [5, 5.41) is 16.2. The summed E-state index contributed by atoms with van der Waals surface area (Å²) < 4.78 is 1.86. The molecule has 0 spiro atoms. The second-order valence-electron chi connectivity index (χ2n) is 4.70. The minimum absolute atomic E-state index is 0.00809. The largest absolute Gasteiger partial charge is 0.336 e. The molecule has 0 saturated heterocycles. The van der Waals surface area contributed by atoms with Crippen LogP contribution in [0.1, 0.15) is 16.5 Å². The average Bonchev–Trinajstić information content (AvgIpc) is 3.27. The first-order chi connectivity index (χ1) is 10.8. The Kier molecular flexibility index (Phi) is 4.87. The van der Waals surface area contributed by atoms with Crippen LogP contribution in [0.5, 0.6) is 0 Å². The third-order valence-electron chi connectivity index (χ3n) is 3.23. The predicted molar refractivity (Wildman–Crippen MR) is 89.2 cm³/mol. The van der Waals surface area contributed by atoms with E-state index in [2.05, 4.69) is 27.2 Å². The van der Waals surface area contributed by atoms with Crippen LogP contribution >= 0.6 is 22.7 Å². The van der Waals surface area contributed by atoms with E-state index in [0.717, 1.165) is 10.4 Å². The molecule has 0 aromatic carbocycles. The SMILES string of the molecule is O=C(NCc1cccs1)NC[C@@H](c1ccsc1)n1cccn1. The molecule has 0 aliphatic carbocycles. The molecule has 0 bridgehead atoms. The van der Waals surface area contributed by atoms with E-state index in [9.17, 15) is 4.79 Å². The average molecular weight is 332 g/mol. The van der Waals surface area contributed by atoms with Gasteiger partial charge in [0.15, 0.2) is 0 Å². The quantitative estimate of drug-likeness (QED) is 0.729. The number of aromatic nitrogens is 2. The maximum atomic E-state index is 11.9. The Morgan fingerprint density at radius 3 is 2.91 bits per heavy atom. The van der Waals surface area contributed by atoms with E-state index in [-0.39, 0.29) is 12.1 Å². The molecule has 22 heavy (non-hydrogen) atoms. The van der Waals surface area contributed by atoms with Crippen molar-refractivity contribution in [2.75, 3.05) is 6.54 Å². The summed E-state index contributed by atoms with van der Waals surface area (Å²) in [4.78, 5) is 13.1. The standard InChI is InChI=1S/C15H16N4OS2/c20-15(16-9-13-3-1-7-22-13)17-10-14(12-4-8-21-11-12)19-6-2-5-18-19/h1-8,11,14H,9-10H2,(H2,16,17,20)/t14-/m0/s1. The minimum atomic E-state index is -0.166. The van der Waals surface area contributed by atoms with Gasteiger partial charge >= 0.3 is 6.03 Å². The van der Waals surface area contributed by atoms with Crippen LogP contribution in [0.2, 0.25) is 0 Å². The lowest BCUT2D eigenvalue weighted by Gasteiger charge is -2.17. The van der Waals surface area contributed by atoms with Gasteiger partial charge in [-0.05, 0) is 39.9 Å². The van der Waals surface area contributed by atoms with E-state index in [1.165, 1.54) is 0 Å². The number of amides is 2. The predicted octanol–water partition coefficient (Wildman–Crippen LogP) is 3.09. The fraction of sp³-hybridized carbons (Fsp3) is 0.200. The lowest BCUT2D eigenvalue weighted by molar-refractivity contribution is 0.239. The van der Waals surface area contributed by atoms with Crippen LogP contribution in [0.4, 0.5) is 4.79 Å². The highest BCUT2D eigenvalue weighted by molar-refractivity contribution is 7.09. The number of carbonyl (C=O) groups is 1. The van der Waals surface area contributed by atoms with Gasteiger partial charge in [0.25, 0.3) is 0 Å². The zero-order valence-corrected chi connectivity index (χ0v) is 13.4. The molecule has 3 aromatic rings. The molecule has 0 radical (unpaired) electrons. The number of nitrogens with one attached hydrogen (secondary N) is 2. The molecule has 5 nitrogen and oxygen atoms in total. The topological polar surface area (TPSA) is 59.0 Å². The first-order valence-electron chi connectivity index (χ1n) is 6.88. The van der Waals surface area contributed by atoms with Crippen molar-refractivity contribution in [2.24, 2.45) is 0 Å². The van der Waals surface area contributed by atoms with Gasteiger partial charge in [-0.2, -0.15) is 16.4 Å². The summed E-state index contributed by atoms with van der Waals surface area (Å²) in [5.41, 5.74) is 1.15. The second kappa shape index (κ2) is 7.24. The highest BCUT2D eigenvalue weighted by Gasteiger charge is 2.15. The molecule has 7 heteroatoms. The van der Waals surface area contributed by atoms with Gasteiger partial charge in [-0.25, -0.2) is 4.79 Å². The molecule has 3 rings (SSSR count). The molecule has 3 heterocycles. The van der Waals surface area contributed by atoms with Crippen LogP contribution in [0, 0.1) is 0 Å². The maximum Gasteiger partial charge on any atom is 0.315 e. The van der Waals surface area contributed by atoms with Crippen LogP contribution in [0.15, 0.2) is 52.8 Å². The minimum Gasteiger partial charge on any atom is -0.336 e. The Morgan fingerprint density at radius 2 is 2.23 bits per heavy atom. The number of hydrogen-bond acceptors (Lipinski definition) is 4. The lowest BCUT2D eigenvalue weighted by atomic mass is 10.1. The molecule has 0 aliphatic heterocycles. The van der Waals surface area contributed by atoms with Gasteiger partial charge in [0.1, 0.15) is 0 Å². The zero-order chi connectivity index (χ0) is 15.2. The van der Waals surface area contributed by atoms with Crippen molar-refractivity contribution in [1.82, 2.24) is 20.4 Å². The molecule has 2 N–H and O–H groups in total. The fourth-order valence-electron chi connectivity index (χ4n) is 2.13. The van der Waals surface area contributed by atoms with E-state index in [0.29, 0.717) is 13.1 Å². The summed E-state index contributed by atoms with van der Waals surface area (Å²) in [6.07, 6.45) is 3.66. The van der Waals surface area contributed by atoms with Crippen LogP contribution in [-0.4, -0.2) is 22.4 Å². The van der Waals surface area contributed by atoms with Gasteiger partial charge in [-0.1, -0.05) is 6.07 Å². The molecule has 0 saturated carbocycles. The van der Waals surface area contributed by atoms with Gasteiger partial charge in [-0.3, -0.25) is 4.68 Å². The number of urea groups is 1. The van der Waals surface area contributed by atoms with Gasteiger partial charge in [0.2, 0.25) is 0 Å². The van der Waals surface area contributed by atoms with Crippen LogP contribution < -0.4 is 10.6 Å². The van der Waals surface area contributed by atoms with Crippen molar-refractivity contribution in [1.29, 1.82) is 0 Å². The molecule has 114 valence electrons. The normalized spacial score (nSPS) is 12.0. The van der Waals surface area contributed by atoms with E-state index in [4.69, 9.17) is 0 Å². The van der Waals surface area contributed by atoms with Gasteiger partial charge < -0.3 is 10.6 Å². The van der Waals surface area contributed by atoms with Gasteiger partial charge in [0.05, 0.1) is 12.6 Å². The molecule has 2 amide bonds. The van der Waals surface area contributed by atoms with Crippen LogP contribution in [-0.2, 0) is 6.54 Å². The van der Waals surface area contributed by atoms with Crippen molar-refractivity contribution in [2.45, 2.75) is 12.6 Å². The van der Waals surface area contributed by atoms with Gasteiger partial charge in [-0.15, -0.1) is 11.3 Å². The zero-order valence-electron chi connectivity index (χ0n) is 11.8. The second-order valence-corrected chi connectivity index (χ2v) is 6.51. The smallest absolute Gasteiger partial charge is 0.315 e. The first kappa shape index (κ1) is 14.8. The number of hydrogen-bond donors (Lipinski definition) is 2. The van der Waals surface area contributed by atoms with E-state index >= 15 is 0 Å². The third kappa shape index (κ3) is 3.75. The molecule has 0 fully saturated rings. The Labute approximate surface area is 136 Å². The van der Waals surface area contributed by atoms with Crippen molar-refractivity contribution in [3.8, 4) is 0 Å². The molecular weight excluding hydrogens is 316 g/mol. The summed E-state index contributed by atoms with van der Waals surface area (Å²) >= 11 is 3.27. The van der Waals surface area contributed by atoms with E-state index in [1.54, 1.807) is 28.9 Å². The Hall–Kier alpha value is -2.12. The van der Waals surface area contributed by atoms with Crippen molar-refractivity contribution >= 4 is 28.7 Å². The summed E-state index contributed by atoms with van der Waals surface area (Å²) in [6.45, 7) is 1.04. The van der Waals surface area contributed by atoms with Crippen molar-refractivity contribution < 1.29 is 4.79 Å². The fourth-order valence-corrected chi connectivity index (χ4v) is 3.48.